The molecule has 0 bridgehead atoms. The molecule has 34 heavy (non-hydrogen) atoms. The van der Waals surface area contributed by atoms with Crippen LogP contribution in [0.25, 0.3) is 11.3 Å². The molecule has 0 radical (unpaired) electrons. The number of ether oxygens (including phenoxy) is 3. The SMILES string of the molecule is O=C1COc2ccc(-c3csc(=Nc4ccc(F)cc4)n3Cc3ccc4c(c3)OCO4)cc2N1. The minimum atomic E-state index is -0.308. The van der Waals surface area contributed by atoms with E-state index in [1.807, 2.05) is 41.8 Å². The number of nitrogens with one attached hydrogen (secondary N) is 1. The Labute approximate surface area is 197 Å². The Hall–Kier alpha value is -4.11. The highest BCUT2D eigenvalue weighted by molar-refractivity contribution is 7.07. The molecule has 3 heterocycles. The third kappa shape index (κ3) is 3.90. The fraction of sp³-hybridized carbons (Fsp3) is 0.120. The molecule has 0 fully saturated rings. The third-order valence-electron chi connectivity index (χ3n) is 5.53. The first-order valence-corrected chi connectivity index (χ1v) is 11.4. The number of carbonyl (C=O) groups excluding carboxylic acids is 1. The third-order valence-corrected chi connectivity index (χ3v) is 6.40. The van der Waals surface area contributed by atoms with Gasteiger partial charge in [-0.05, 0) is 60.2 Å². The molecule has 9 heteroatoms. The molecule has 0 aliphatic carbocycles. The van der Waals surface area contributed by atoms with Gasteiger partial charge >= 0.3 is 0 Å². The molecule has 4 aromatic rings. The van der Waals surface area contributed by atoms with Crippen LogP contribution in [0.1, 0.15) is 5.56 Å². The molecule has 0 saturated carbocycles. The Bertz CT molecular complexity index is 1480. The largest absolute Gasteiger partial charge is 0.482 e. The van der Waals surface area contributed by atoms with E-state index in [1.165, 1.54) is 23.5 Å². The normalized spacial score (nSPS) is 14.5. The van der Waals surface area contributed by atoms with E-state index in [4.69, 9.17) is 19.2 Å². The number of rotatable bonds is 4. The number of halogens is 1. The number of benzene rings is 3. The minimum absolute atomic E-state index is 0.00953. The lowest BCUT2D eigenvalue weighted by molar-refractivity contribution is -0.118. The summed E-state index contributed by atoms with van der Waals surface area (Å²) in [5.41, 5.74) is 4.12. The van der Waals surface area contributed by atoms with Crippen molar-refractivity contribution in [2.24, 2.45) is 4.99 Å². The molecule has 2 aliphatic heterocycles. The van der Waals surface area contributed by atoms with E-state index in [0.717, 1.165) is 27.4 Å². The van der Waals surface area contributed by atoms with Gasteiger partial charge in [-0.1, -0.05) is 6.07 Å². The van der Waals surface area contributed by atoms with Gasteiger partial charge in [-0.2, -0.15) is 0 Å². The second kappa shape index (κ2) is 8.35. The number of amides is 1. The van der Waals surface area contributed by atoms with Gasteiger partial charge in [-0.25, -0.2) is 9.38 Å². The van der Waals surface area contributed by atoms with E-state index < -0.39 is 0 Å². The molecule has 0 unspecified atom stereocenters. The average molecular weight is 476 g/mol. The molecule has 1 aromatic heterocycles. The van der Waals surface area contributed by atoms with Gasteiger partial charge in [0.1, 0.15) is 11.6 Å². The van der Waals surface area contributed by atoms with Crippen LogP contribution < -0.4 is 24.3 Å². The van der Waals surface area contributed by atoms with E-state index in [9.17, 15) is 9.18 Å². The Morgan fingerprint density at radius 3 is 2.68 bits per heavy atom. The molecule has 0 spiro atoms. The summed E-state index contributed by atoms with van der Waals surface area (Å²) in [5, 5.41) is 4.88. The Morgan fingerprint density at radius 1 is 0.971 bits per heavy atom. The zero-order chi connectivity index (χ0) is 23.1. The van der Waals surface area contributed by atoms with Crippen LogP contribution in [0.15, 0.2) is 71.0 Å². The maximum Gasteiger partial charge on any atom is 0.262 e. The smallest absolute Gasteiger partial charge is 0.262 e. The highest BCUT2D eigenvalue weighted by Crippen LogP contribution is 2.35. The number of thiazole rings is 1. The van der Waals surface area contributed by atoms with E-state index >= 15 is 0 Å². The predicted molar refractivity (Wildman–Crippen MR) is 125 cm³/mol. The number of aromatic nitrogens is 1. The quantitative estimate of drug-likeness (QED) is 0.465. The van der Waals surface area contributed by atoms with Crippen molar-refractivity contribution in [1.29, 1.82) is 0 Å². The van der Waals surface area contributed by atoms with E-state index in [2.05, 4.69) is 9.88 Å². The summed E-state index contributed by atoms with van der Waals surface area (Å²) in [7, 11) is 0. The van der Waals surface area contributed by atoms with Crippen LogP contribution in [-0.4, -0.2) is 23.9 Å². The zero-order valence-electron chi connectivity index (χ0n) is 17.8. The van der Waals surface area contributed by atoms with Gasteiger partial charge in [0.15, 0.2) is 22.9 Å². The van der Waals surface area contributed by atoms with Gasteiger partial charge in [0.05, 0.1) is 23.6 Å². The molecule has 1 N–H and O–H groups in total. The average Bonchev–Trinajstić information content (AvgIpc) is 3.47. The van der Waals surface area contributed by atoms with Crippen LogP contribution in [0.3, 0.4) is 0 Å². The predicted octanol–water partition coefficient (Wildman–Crippen LogP) is 4.70. The van der Waals surface area contributed by atoms with Gasteiger partial charge in [0, 0.05) is 10.9 Å². The maximum atomic E-state index is 13.4. The van der Waals surface area contributed by atoms with E-state index in [0.29, 0.717) is 29.4 Å². The number of fused-ring (bicyclic) bond motifs is 2. The lowest BCUT2D eigenvalue weighted by Crippen LogP contribution is -2.25. The number of anilines is 1. The molecule has 0 atom stereocenters. The lowest BCUT2D eigenvalue weighted by atomic mass is 10.1. The monoisotopic (exact) mass is 475 g/mol. The van der Waals surface area contributed by atoms with Crippen LogP contribution in [0, 0.1) is 5.82 Å². The van der Waals surface area contributed by atoms with Crippen molar-refractivity contribution in [3.8, 4) is 28.5 Å². The molecule has 1 amide bonds. The van der Waals surface area contributed by atoms with Gasteiger partial charge in [0.25, 0.3) is 5.91 Å². The van der Waals surface area contributed by atoms with Crippen molar-refractivity contribution in [2.75, 3.05) is 18.7 Å². The summed E-state index contributed by atoms with van der Waals surface area (Å²) in [6.07, 6.45) is 0. The van der Waals surface area contributed by atoms with Crippen LogP contribution in [0.4, 0.5) is 15.8 Å². The summed E-state index contributed by atoms with van der Waals surface area (Å²) in [5.74, 6) is 1.58. The van der Waals surface area contributed by atoms with Crippen molar-refractivity contribution in [1.82, 2.24) is 4.57 Å². The van der Waals surface area contributed by atoms with Crippen molar-refractivity contribution < 1.29 is 23.4 Å². The minimum Gasteiger partial charge on any atom is -0.482 e. The van der Waals surface area contributed by atoms with Gasteiger partial charge < -0.3 is 24.1 Å². The number of nitrogens with zero attached hydrogens (tertiary/aromatic N) is 2. The van der Waals surface area contributed by atoms with E-state index in [1.54, 1.807) is 12.1 Å². The first-order valence-electron chi connectivity index (χ1n) is 10.6. The van der Waals surface area contributed by atoms with Crippen LogP contribution >= 0.6 is 11.3 Å². The molecule has 170 valence electrons. The summed E-state index contributed by atoms with van der Waals surface area (Å²) in [6, 6.07) is 17.6. The van der Waals surface area contributed by atoms with Crippen molar-refractivity contribution >= 4 is 28.6 Å². The topological polar surface area (TPSA) is 74.1 Å². The van der Waals surface area contributed by atoms with Gasteiger partial charge in [0.2, 0.25) is 6.79 Å². The highest BCUT2D eigenvalue weighted by Gasteiger charge is 2.19. The second-order valence-corrected chi connectivity index (χ2v) is 8.65. The fourth-order valence-corrected chi connectivity index (χ4v) is 4.82. The molecular formula is C25H18FN3O4S. The fourth-order valence-electron chi connectivity index (χ4n) is 3.89. The lowest BCUT2D eigenvalue weighted by Gasteiger charge is -2.19. The molecule has 2 aliphatic rings. The maximum absolute atomic E-state index is 13.4. The Balaban J connectivity index is 1.45. The van der Waals surface area contributed by atoms with Crippen LogP contribution in [0.2, 0.25) is 0 Å². The zero-order valence-corrected chi connectivity index (χ0v) is 18.6. The van der Waals surface area contributed by atoms with Crippen LogP contribution in [-0.2, 0) is 11.3 Å². The standard InChI is InChI=1S/C25H18FN3O4S/c26-17-3-5-18(6-4-17)27-25-29(11-15-1-7-22-23(9-15)33-14-32-22)20(13-34-25)16-2-8-21-19(10-16)28-24(30)12-31-21/h1-10,13H,11-12,14H2,(H,28,30). The first-order chi connectivity index (χ1) is 16.6. The summed E-state index contributed by atoms with van der Waals surface area (Å²) < 4.78 is 31.9. The van der Waals surface area contributed by atoms with Gasteiger partial charge in [-0.3, -0.25) is 4.79 Å². The van der Waals surface area contributed by atoms with Crippen molar-refractivity contribution in [2.45, 2.75) is 6.54 Å². The van der Waals surface area contributed by atoms with Crippen molar-refractivity contribution in [3.63, 3.8) is 0 Å². The van der Waals surface area contributed by atoms with Crippen LogP contribution in [0.5, 0.6) is 17.2 Å². The molecule has 3 aromatic carbocycles. The Morgan fingerprint density at radius 2 is 1.79 bits per heavy atom. The first kappa shape index (κ1) is 20.5. The number of carbonyl (C=O) groups is 1. The Kier molecular flexibility index (Phi) is 5.03. The summed E-state index contributed by atoms with van der Waals surface area (Å²) >= 11 is 1.48. The summed E-state index contributed by atoms with van der Waals surface area (Å²) in [4.78, 5) is 17.3. The molecule has 7 nitrogen and oxygen atoms in total. The molecule has 0 saturated heterocycles. The van der Waals surface area contributed by atoms with Crippen molar-refractivity contribution in [3.05, 3.63) is 82.2 Å². The highest BCUT2D eigenvalue weighted by atomic mass is 32.1. The van der Waals surface area contributed by atoms with E-state index in [-0.39, 0.29) is 25.1 Å². The van der Waals surface area contributed by atoms with Gasteiger partial charge in [-0.15, -0.1) is 11.3 Å². The molecular weight excluding hydrogens is 457 g/mol. The molecule has 6 rings (SSSR count). The summed E-state index contributed by atoms with van der Waals surface area (Å²) in [6.45, 7) is 0.745. The number of hydrogen-bond acceptors (Lipinski definition) is 6. The second-order valence-electron chi connectivity index (χ2n) is 7.81. The number of hydrogen-bond donors (Lipinski definition) is 1.